The maximum absolute atomic E-state index is 12.9. The van der Waals surface area contributed by atoms with Crippen molar-refractivity contribution >= 4 is 5.97 Å². The Labute approximate surface area is 215 Å². The molecule has 0 aliphatic carbocycles. The van der Waals surface area contributed by atoms with Gasteiger partial charge < -0.3 is 28.8 Å². The molecule has 0 aromatic heterocycles. The first-order chi connectivity index (χ1) is 17.4. The second-order valence-corrected chi connectivity index (χ2v) is 10.9. The van der Waals surface area contributed by atoms with Crippen LogP contribution in [0.25, 0.3) is 0 Å². The molecule has 4 rings (SSSR count). The number of benzene rings is 1. The van der Waals surface area contributed by atoms with E-state index < -0.39 is 30.4 Å². The fourth-order valence-electron chi connectivity index (χ4n) is 5.61. The quantitative estimate of drug-likeness (QED) is 0.279. The van der Waals surface area contributed by atoms with Gasteiger partial charge in [-0.3, -0.25) is 0 Å². The number of carbonyl (C=O) groups excluding carboxylic acids is 1. The SMILES string of the molecule is CCCCCCCCCC[C@H](OC(=O)c1ccccc1)[C@@H]1CC[C@@H]([C@H]2O[C@@H]3OC(C)(C)O[C@@H]3[C@H]2O)O1. The molecule has 3 fully saturated rings. The third-order valence-electron chi connectivity index (χ3n) is 7.53. The number of unbranched alkanes of at least 4 members (excludes halogenated alkanes) is 7. The molecule has 0 amide bonds. The molecule has 3 aliphatic rings. The highest BCUT2D eigenvalue weighted by molar-refractivity contribution is 5.89. The summed E-state index contributed by atoms with van der Waals surface area (Å²) in [7, 11) is 0. The second kappa shape index (κ2) is 12.8. The van der Waals surface area contributed by atoms with Crippen LogP contribution in [0.1, 0.15) is 102 Å². The van der Waals surface area contributed by atoms with E-state index >= 15 is 0 Å². The van der Waals surface area contributed by atoms with E-state index in [1.807, 2.05) is 32.0 Å². The van der Waals surface area contributed by atoms with E-state index in [1.165, 1.54) is 38.5 Å². The van der Waals surface area contributed by atoms with Gasteiger partial charge in [0.1, 0.15) is 24.4 Å². The summed E-state index contributed by atoms with van der Waals surface area (Å²) in [5.41, 5.74) is 0.548. The first-order valence-corrected chi connectivity index (χ1v) is 14.0. The van der Waals surface area contributed by atoms with Gasteiger partial charge in [0.25, 0.3) is 0 Å². The number of hydrogen-bond acceptors (Lipinski definition) is 7. The van der Waals surface area contributed by atoms with E-state index in [9.17, 15) is 9.90 Å². The van der Waals surface area contributed by atoms with E-state index in [1.54, 1.807) is 12.1 Å². The topological polar surface area (TPSA) is 83.5 Å². The molecule has 36 heavy (non-hydrogen) atoms. The smallest absolute Gasteiger partial charge is 0.338 e. The lowest BCUT2D eigenvalue weighted by Crippen LogP contribution is -2.42. The van der Waals surface area contributed by atoms with Crippen molar-refractivity contribution in [2.45, 2.75) is 140 Å². The Bertz CT molecular complexity index is 813. The average molecular weight is 505 g/mol. The van der Waals surface area contributed by atoms with Crippen LogP contribution in [0.15, 0.2) is 30.3 Å². The van der Waals surface area contributed by atoms with Crippen LogP contribution < -0.4 is 0 Å². The summed E-state index contributed by atoms with van der Waals surface area (Å²) in [6, 6.07) is 9.12. The standard InChI is InChI=1S/C29H44O7/c1-4-5-6-7-8-9-10-14-17-21(33-27(31)20-15-12-11-13-16-20)22-18-19-23(32-22)25-24(30)26-28(34-25)36-29(2,3)35-26/h11-13,15-16,21-26,28,30H,4-10,14,17-19H2,1-3H3/t21-,22-,23-,24-,25+,26+,28+/m0/s1. The minimum Gasteiger partial charge on any atom is -0.456 e. The fraction of sp³-hybridized carbons (Fsp3) is 0.759. The number of aliphatic hydroxyl groups is 1. The Morgan fingerprint density at radius 1 is 0.972 bits per heavy atom. The lowest BCUT2D eigenvalue weighted by molar-refractivity contribution is -0.229. The summed E-state index contributed by atoms with van der Waals surface area (Å²) in [6.07, 6.45) is 8.74. The molecule has 202 valence electrons. The third-order valence-corrected chi connectivity index (χ3v) is 7.53. The lowest BCUT2D eigenvalue weighted by atomic mass is 10.00. The van der Waals surface area contributed by atoms with Crippen LogP contribution in [-0.4, -0.2) is 59.8 Å². The molecule has 7 nitrogen and oxygen atoms in total. The van der Waals surface area contributed by atoms with Crippen molar-refractivity contribution in [2.75, 3.05) is 0 Å². The molecular weight excluding hydrogens is 460 g/mol. The van der Waals surface area contributed by atoms with Gasteiger partial charge in [-0.1, -0.05) is 70.1 Å². The third kappa shape index (κ3) is 7.07. The van der Waals surface area contributed by atoms with Crippen LogP contribution in [0.2, 0.25) is 0 Å². The molecule has 0 spiro atoms. The van der Waals surface area contributed by atoms with Crippen molar-refractivity contribution in [3.05, 3.63) is 35.9 Å². The number of esters is 1. The highest BCUT2D eigenvalue weighted by atomic mass is 16.8. The van der Waals surface area contributed by atoms with Gasteiger partial charge >= 0.3 is 5.97 Å². The van der Waals surface area contributed by atoms with Crippen molar-refractivity contribution in [3.8, 4) is 0 Å². The van der Waals surface area contributed by atoms with Gasteiger partial charge in [-0.2, -0.15) is 0 Å². The van der Waals surface area contributed by atoms with E-state index in [0.717, 1.165) is 32.1 Å². The van der Waals surface area contributed by atoms with Crippen molar-refractivity contribution in [1.29, 1.82) is 0 Å². The predicted octanol–water partition coefficient (Wildman–Crippen LogP) is 5.53. The number of rotatable bonds is 13. The van der Waals surface area contributed by atoms with Crippen molar-refractivity contribution < 1.29 is 33.6 Å². The van der Waals surface area contributed by atoms with Crippen LogP contribution in [0.4, 0.5) is 0 Å². The molecule has 0 radical (unpaired) electrons. The Morgan fingerprint density at radius 3 is 2.36 bits per heavy atom. The number of aliphatic hydroxyl groups excluding tert-OH is 1. The Balaban J connectivity index is 1.31. The summed E-state index contributed by atoms with van der Waals surface area (Å²) < 4.78 is 30.0. The largest absolute Gasteiger partial charge is 0.456 e. The maximum atomic E-state index is 12.9. The molecule has 1 aromatic rings. The minimum atomic E-state index is -0.821. The van der Waals surface area contributed by atoms with E-state index in [-0.39, 0.29) is 24.3 Å². The molecule has 3 aliphatic heterocycles. The molecule has 0 bridgehead atoms. The van der Waals surface area contributed by atoms with Crippen molar-refractivity contribution in [2.24, 2.45) is 0 Å². The second-order valence-electron chi connectivity index (χ2n) is 10.9. The molecule has 1 aromatic carbocycles. The molecular formula is C29H44O7. The Kier molecular flexibility index (Phi) is 9.81. The van der Waals surface area contributed by atoms with Crippen LogP contribution in [-0.2, 0) is 23.7 Å². The van der Waals surface area contributed by atoms with Crippen LogP contribution in [0.3, 0.4) is 0 Å². The normalized spacial score (nSPS) is 31.9. The zero-order chi connectivity index (χ0) is 25.5. The van der Waals surface area contributed by atoms with Crippen molar-refractivity contribution in [1.82, 2.24) is 0 Å². The summed E-state index contributed by atoms with van der Waals surface area (Å²) in [6.45, 7) is 5.87. The summed E-state index contributed by atoms with van der Waals surface area (Å²) >= 11 is 0. The highest BCUT2D eigenvalue weighted by Crippen LogP contribution is 2.41. The van der Waals surface area contributed by atoms with Gasteiger partial charge in [0, 0.05) is 0 Å². The van der Waals surface area contributed by atoms with E-state index in [0.29, 0.717) is 5.56 Å². The predicted molar refractivity (Wildman–Crippen MR) is 135 cm³/mol. The van der Waals surface area contributed by atoms with Crippen LogP contribution in [0.5, 0.6) is 0 Å². The lowest BCUT2D eigenvalue weighted by Gasteiger charge is -2.28. The Hall–Kier alpha value is -1.51. The maximum Gasteiger partial charge on any atom is 0.338 e. The van der Waals surface area contributed by atoms with Crippen LogP contribution >= 0.6 is 0 Å². The summed E-state index contributed by atoms with van der Waals surface area (Å²) in [5, 5.41) is 10.9. The number of carbonyl (C=O) groups is 1. The average Bonchev–Trinajstić information content (AvgIpc) is 3.54. The van der Waals surface area contributed by atoms with E-state index in [4.69, 9.17) is 23.7 Å². The van der Waals surface area contributed by atoms with Gasteiger partial charge in [-0.05, 0) is 51.7 Å². The van der Waals surface area contributed by atoms with E-state index in [2.05, 4.69) is 6.92 Å². The molecule has 7 heteroatoms. The monoisotopic (exact) mass is 504 g/mol. The first kappa shape index (κ1) is 27.5. The van der Waals surface area contributed by atoms with Gasteiger partial charge in [0.15, 0.2) is 12.1 Å². The summed E-state index contributed by atoms with van der Waals surface area (Å²) in [5.74, 6) is -1.09. The number of fused-ring (bicyclic) bond motifs is 1. The Morgan fingerprint density at radius 2 is 1.67 bits per heavy atom. The van der Waals surface area contributed by atoms with Crippen LogP contribution in [0, 0.1) is 0 Å². The zero-order valence-corrected chi connectivity index (χ0v) is 22.1. The van der Waals surface area contributed by atoms with Gasteiger partial charge in [-0.15, -0.1) is 0 Å². The minimum absolute atomic E-state index is 0.221. The molecule has 7 atom stereocenters. The number of hydrogen-bond donors (Lipinski definition) is 1. The summed E-state index contributed by atoms with van der Waals surface area (Å²) in [4.78, 5) is 12.9. The first-order valence-electron chi connectivity index (χ1n) is 14.0. The van der Waals surface area contributed by atoms with Gasteiger partial charge in [-0.25, -0.2) is 4.79 Å². The van der Waals surface area contributed by atoms with Gasteiger partial charge in [0.05, 0.1) is 17.8 Å². The van der Waals surface area contributed by atoms with Crippen molar-refractivity contribution in [3.63, 3.8) is 0 Å². The molecule has 3 heterocycles. The fourth-order valence-corrected chi connectivity index (χ4v) is 5.61. The number of ether oxygens (including phenoxy) is 5. The molecule has 1 N–H and O–H groups in total. The molecule has 0 saturated carbocycles. The zero-order valence-electron chi connectivity index (χ0n) is 22.1. The molecule has 0 unspecified atom stereocenters. The molecule has 3 saturated heterocycles. The van der Waals surface area contributed by atoms with Gasteiger partial charge in [0.2, 0.25) is 0 Å². The highest BCUT2D eigenvalue weighted by Gasteiger charge is 2.57.